The second-order valence-electron chi connectivity index (χ2n) is 4.25. The van der Waals surface area contributed by atoms with Gasteiger partial charge < -0.3 is 0 Å². The number of halogens is 1. The van der Waals surface area contributed by atoms with Crippen LogP contribution in [0.4, 0.5) is 0 Å². The Balaban J connectivity index is 2.28. The van der Waals surface area contributed by atoms with Crippen molar-refractivity contribution in [2.45, 2.75) is 20.8 Å². The Morgan fingerprint density at radius 2 is 1.44 bits per heavy atom. The first-order valence-electron chi connectivity index (χ1n) is 5.82. The maximum atomic E-state index is 5.85. The van der Waals surface area contributed by atoms with Gasteiger partial charge in [-0.1, -0.05) is 29.8 Å². The molecule has 1 heterocycles. The lowest BCUT2D eigenvalue weighted by molar-refractivity contribution is 0.991. The van der Waals surface area contributed by atoms with Crippen molar-refractivity contribution < 1.29 is 0 Å². The molecule has 0 atom stereocenters. The Bertz CT molecular complexity index is 586. The van der Waals surface area contributed by atoms with Crippen LogP contribution in [0.15, 0.2) is 24.3 Å². The predicted molar refractivity (Wildman–Crippen MR) is 76.6 cm³/mol. The van der Waals surface area contributed by atoms with Crippen molar-refractivity contribution in [3.8, 4) is 0 Å². The Labute approximate surface area is 112 Å². The number of rotatable bonds is 2. The van der Waals surface area contributed by atoms with Gasteiger partial charge in [-0.25, -0.2) is 4.98 Å². The molecule has 3 heteroatoms. The number of hydrogen-bond donors (Lipinski definition) is 0. The monoisotopic (exact) mass is 258 g/mol. The van der Waals surface area contributed by atoms with Crippen LogP contribution in [0, 0.1) is 20.8 Å². The van der Waals surface area contributed by atoms with Crippen LogP contribution in [0.5, 0.6) is 0 Å². The summed E-state index contributed by atoms with van der Waals surface area (Å²) in [4.78, 5) is 8.99. The highest BCUT2D eigenvalue weighted by Gasteiger charge is 2.01. The molecule has 0 saturated heterocycles. The minimum absolute atomic E-state index is 0.745. The van der Waals surface area contributed by atoms with Crippen LogP contribution in [0.1, 0.15) is 28.3 Å². The minimum Gasteiger partial charge on any atom is -0.254 e. The van der Waals surface area contributed by atoms with Crippen molar-refractivity contribution in [3.05, 3.63) is 57.6 Å². The van der Waals surface area contributed by atoms with E-state index in [0.717, 1.165) is 33.4 Å². The normalized spacial score (nSPS) is 11.1. The lowest BCUT2D eigenvalue weighted by Crippen LogP contribution is -1.98. The maximum absolute atomic E-state index is 5.85. The number of aryl methyl sites for hydroxylation is 3. The topological polar surface area (TPSA) is 25.8 Å². The molecule has 18 heavy (non-hydrogen) atoms. The fourth-order valence-corrected chi connectivity index (χ4v) is 1.77. The Morgan fingerprint density at radius 1 is 0.833 bits per heavy atom. The van der Waals surface area contributed by atoms with Gasteiger partial charge in [-0.05, 0) is 44.5 Å². The molecule has 0 fully saturated rings. The van der Waals surface area contributed by atoms with E-state index in [-0.39, 0.29) is 0 Å². The first-order valence-corrected chi connectivity index (χ1v) is 6.19. The fraction of sp³-hybridized carbons (Fsp3) is 0.200. The van der Waals surface area contributed by atoms with Crippen LogP contribution in [-0.2, 0) is 0 Å². The summed E-state index contributed by atoms with van der Waals surface area (Å²) < 4.78 is 0. The van der Waals surface area contributed by atoms with Gasteiger partial charge in [0.05, 0.1) is 22.8 Å². The van der Waals surface area contributed by atoms with E-state index >= 15 is 0 Å². The highest BCUT2D eigenvalue weighted by Crippen LogP contribution is 2.14. The number of nitrogens with zero attached hydrogens (tertiary/aromatic N) is 2. The standard InChI is InChI=1S/C15H15ClN2/c1-10-11(2)18-15(12(3)17-10)9-6-13-4-7-14(16)8-5-13/h4-9H,1-3H3/b9-6+. The average Bonchev–Trinajstić information content (AvgIpc) is 2.34. The van der Waals surface area contributed by atoms with E-state index in [9.17, 15) is 0 Å². The molecule has 0 N–H and O–H groups in total. The van der Waals surface area contributed by atoms with Gasteiger partial charge in [0.1, 0.15) is 0 Å². The van der Waals surface area contributed by atoms with Crippen molar-refractivity contribution in [3.63, 3.8) is 0 Å². The van der Waals surface area contributed by atoms with Crippen LogP contribution in [0.2, 0.25) is 5.02 Å². The van der Waals surface area contributed by atoms with E-state index in [4.69, 9.17) is 11.6 Å². The summed E-state index contributed by atoms with van der Waals surface area (Å²) in [5.41, 5.74) is 4.91. The Morgan fingerprint density at radius 3 is 2.11 bits per heavy atom. The fourth-order valence-electron chi connectivity index (χ4n) is 1.64. The largest absolute Gasteiger partial charge is 0.254 e. The molecular weight excluding hydrogens is 244 g/mol. The van der Waals surface area contributed by atoms with Gasteiger partial charge in [-0.2, -0.15) is 0 Å². The molecule has 0 unspecified atom stereocenters. The second-order valence-corrected chi connectivity index (χ2v) is 4.69. The molecule has 92 valence electrons. The number of hydrogen-bond acceptors (Lipinski definition) is 2. The van der Waals surface area contributed by atoms with Gasteiger partial charge in [0, 0.05) is 5.02 Å². The smallest absolute Gasteiger partial charge is 0.0845 e. The Kier molecular flexibility index (Phi) is 3.78. The summed E-state index contributed by atoms with van der Waals surface area (Å²) in [5, 5.41) is 0.745. The molecule has 0 saturated carbocycles. The van der Waals surface area contributed by atoms with Crippen LogP contribution in [-0.4, -0.2) is 9.97 Å². The maximum Gasteiger partial charge on any atom is 0.0845 e. The molecule has 2 nitrogen and oxygen atoms in total. The molecule has 2 rings (SSSR count). The van der Waals surface area contributed by atoms with Gasteiger partial charge in [-0.3, -0.25) is 4.98 Å². The van der Waals surface area contributed by atoms with E-state index in [0.29, 0.717) is 0 Å². The Hall–Kier alpha value is -1.67. The van der Waals surface area contributed by atoms with Crippen molar-refractivity contribution in [2.24, 2.45) is 0 Å². The second kappa shape index (κ2) is 5.32. The summed E-state index contributed by atoms with van der Waals surface area (Å²) in [6.45, 7) is 5.92. The van der Waals surface area contributed by atoms with Crippen molar-refractivity contribution >= 4 is 23.8 Å². The van der Waals surface area contributed by atoms with Crippen LogP contribution >= 0.6 is 11.6 Å². The number of aromatic nitrogens is 2. The molecule has 1 aromatic heterocycles. The predicted octanol–water partition coefficient (Wildman–Crippen LogP) is 4.23. The SMILES string of the molecule is Cc1nc(C)c(/C=C/c2ccc(Cl)cc2)nc1C. The molecule has 0 radical (unpaired) electrons. The average molecular weight is 259 g/mol. The molecule has 0 amide bonds. The van der Waals surface area contributed by atoms with Gasteiger partial charge in [-0.15, -0.1) is 0 Å². The van der Waals surface area contributed by atoms with Crippen LogP contribution in [0.25, 0.3) is 12.2 Å². The van der Waals surface area contributed by atoms with Crippen molar-refractivity contribution in [1.29, 1.82) is 0 Å². The third-order valence-corrected chi connectivity index (χ3v) is 3.07. The molecule has 0 aliphatic heterocycles. The van der Waals surface area contributed by atoms with Gasteiger partial charge in [0.2, 0.25) is 0 Å². The van der Waals surface area contributed by atoms with Crippen LogP contribution < -0.4 is 0 Å². The molecule has 0 aliphatic rings. The summed E-state index contributed by atoms with van der Waals surface area (Å²) in [6.07, 6.45) is 4.00. The van der Waals surface area contributed by atoms with E-state index in [2.05, 4.69) is 9.97 Å². The highest BCUT2D eigenvalue weighted by molar-refractivity contribution is 6.30. The number of benzene rings is 1. The van der Waals surface area contributed by atoms with Crippen LogP contribution in [0.3, 0.4) is 0 Å². The van der Waals surface area contributed by atoms with Crippen molar-refractivity contribution in [1.82, 2.24) is 9.97 Å². The van der Waals surface area contributed by atoms with Gasteiger partial charge in [0.25, 0.3) is 0 Å². The first kappa shape index (κ1) is 12.8. The molecule has 0 bridgehead atoms. The highest BCUT2D eigenvalue weighted by atomic mass is 35.5. The molecule has 0 aliphatic carbocycles. The quantitative estimate of drug-likeness (QED) is 0.806. The molecule has 1 aromatic carbocycles. The molecule has 0 spiro atoms. The summed E-state index contributed by atoms with van der Waals surface area (Å²) in [5.74, 6) is 0. The third kappa shape index (κ3) is 2.96. The van der Waals surface area contributed by atoms with Gasteiger partial charge >= 0.3 is 0 Å². The molecule has 2 aromatic rings. The first-order chi connectivity index (χ1) is 8.56. The summed E-state index contributed by atoms with van der Waals surface area (Å²) in [6, 6.07) is 7.70. The lowest BCUT2D eigenvalue weighted by Gasteiger charge is -2.04. The van der Waals surface area contributed by atoms with E-state index < -0.39 is 0 Å². The van der Waals surface area contributed by atoms with E-state index in [1.165, 1.54) is 0 Å². The van der Waals surface area contributed by atoms with E-state index in [1.54, 1.807) is 0 Å². The van der Waals surface area contributed by atoms with E-state index in [1.807, 2.05) is 57.2 Å². The van der Waals surface area contributed by atoms with Gasteiger partial charge in [0.15, 0.2) is 0 Å². The zero-order valence-corrected chi connectivity index (χ0v) is 11.5. The zero-order chi connectivity index (χ0) is 13.1. The summed E-state index contributed by atoms with van der Waals surface area (Å²) >= 11 is 5.85. The lowest BCUT2D eigenvalue weighted by atomic mass is 10.2. The summed E-state index contributed by atoms with van der Waals surface area (Å²) in [7, 11) is 0. The minimum atomic E-state index is 0.745. The zero-order valence-electron chi connectivity index (χ0n) is 10.7. The van der Waals surface area contributed by atoms with Crippen molar-refractivity contribution in [2.75, 3.05) is 0 Å². The molecular formula is C15H15ClN2. The third-order valence-electron chi connectivity index (χ3n) is 2.82.